The molecule has 0 bridgehead atoms. The van der Waals surface area contributed by atoms with Gasteiger partial charge in [-0.05, 0) is 61.7 Å². The molecule has 1 amide bonds. The van der Waals surface area contributed by atoms with Gasteiger partial charge in [-0.3, -0.25) is 4.79 Å². The highest BCUT2D eigenvalue weighted by atomic mass is 32.1. The van der Waals surface area contributed by atoms with E-state index in [2.05, 4.69) is 10.6 Å². The molecule has 35 heavy (non-hydrogen) atoms. The molecule has 1 aliphatic heterocycles. The average Bonchev–Trinajstić information content (AvgIpc) is 2.84. The predicted molar refractivity (Wildman–Crippen MR) is 144 cm³/mol. The number of anilines is 1. The van der Waals surface area contributed by atoms with E-state index in [4.69, 9.17) is 17.0 Å². The van der Waals surface area contributed by atoms with Gasteiger partial charge in [-0.2, -0.15) is 0 Å². The van der Waals surface area contributed by atoms with Gasteiger partial charge in [0, 0.05) is 17.9 Å². The molecule has 2 atom stereocenters. The lowest BCUT2D eigenvalue weighted by Crippen LogP contribution is -2.47. The second-order valence-electron chi connectivity index (χ2n) is 9.10. The fourth-order valence-corrected chi connectivity index (χ4v) is 4.63. The lowest BCUT2D eigenvalue weighted by molar-refractivity contribution is -0.140. The Bertz CT molecular complexity index is 1080. The number of rotatable bonds is 9. The third-order valence-electron chi connectivity index (χ3n) is 6.12. The van der Waals surface area contributed by atoms with E-state index >= 15 is 0 Å². The minimum atomic E-state index is -0.428. The van der Waals surface area contributed by atoms with E-state index in [9.17, 15) is 9.59 Å². The summed E-state index contributed by atoms with van der Waals surface area (Å²) >= 11 is 5.57. The van der Waals surface area contributed by atoms with Crippen LogP contribution in [0.2, 0.25) is 0 Å². The van der Waals surface area contributed by atoms with Crippen molar-refractivity contribution < 1.29 is 14.3 Å². The summed E-state index contributed by atoms with van der Waals surface area (Å²) in [5.74, 6) is -0.374. The molecule has 186 valence electrons. The van der Waals surface area contributed by atoms with Gasteiger partial charge in [0.25, 0.3) is 0 Å². The van der Waals surface area contributed by atoms with Crippen molar-refractivity contribution in [2.75, 3.05) is 18.5 Å². The van der Waals surface area contributed by atoms with Crippen LogP contribution < -0.4 is 10.6 Å². The molecule has 0 saturated heterocycles. The molecule has 0 unspecified atom stereocenters. The van der Waals surface area contributed by atoms with Crippen LogP contribution in [-0.4, -0.2) is 35.0 Å². The van der Waals surface area contributed by atoms with Crippen LogP contribution in [0.1, 0.15) is 64.1 Å². The Balaban J connectivity index is 1.83. The number of carbonyl (C=O) groups is 2. The molecule has 0 spiro atoms. The molecule has 2 aromatic rings. The number of benzene rings is 2. The molecular formula is C28H35N3O3S. The van der Waals surface area contributed by atoms with Crippen LogP contribution in [0.3, 0.4) is 0 Å². The Kier molecular flexibility index (Phi) is 9.04. The molecule has 0 saturated carbocycles. The van der Waals surface area contributed by atoms with E-state index in [1.54, 1.807) is 0 Å². The molecule has 0 aromatic heterocycles. The number of hydrogen-bond acceptors (Lipinski definition) is 4. The number of ether oxygens (including phenoxy) is 1. The quantitative estimate of drug-likeness (QED) is 0.353. The van der Waals surface area contributed by atoms with Gasteiger partial charge < -0.3 is 20.3 Å². The molecule has 6 nitrogen and oxygen atoms in total. The maximum Gasteiger partial charge on any atom is 0.338 e. The number of allylic oxidation sites excluding steroid dienone is 1. The van der Waals surface area contributed by atoms with Gasteiger partial charge in [0.05, 0.1) is 24.1 Å². The van der Waals surface area contributed by atoms with E-state index in [0.29, 0.717) is 35.9 Å². The van der Waals surface area contributed by atoms with Crippen molar-refractivity contribution in [3.8, 4) is 0 Å². The molecule has 2 aromatic carbocycles. The van der Waals surface area contributed by atoms with Crippen LogP contribution in [-0.2, 0) is 14.3 Å². The van der Waals surface area contributed by atoms with Crippen LogP contribution >= 0.6 is 12.2 Å². The summed E-state index contributed by atoms with van der Waals surface area (Å²) < 4.78 is 5.59. The topological polar surface area (TPSA) is 70.7 Å². The Labute approximate surface area is 213 Å². The molecule has 1 aliphatic rings. The summed E-state index contributed by atoms with van der Waals surface area (Å²) in [6.45, 7) is 10.9. The SMILES string of the molecule is CC[C@H](C(=O)Nc1ccc([C@H]2NC(=S)N(CC)C(C)=C2C(=O)OCC(C)C)cc1)c1ccccc1. The molecule has 0 aliphatic carbocycles. The lowest BCUT2D eigenvalue weighted by Gasteiger charge is -2.37. The molecule has 1 heterocycles. The summed E-state index contributed by atoms with van der Waals surface area (Å²) in [6, 6.07) is 16.9. The van der Waals surface area contributed by atoms with Crippen LogP contribution in [0.25, 0.3) is 0 Å². The number of thiocarbonyl (C=S) groups is 1. The van der Waals surface area contributed by atoms with Crippen LogP contribution in [0.15, 0.2) is 65.9 Å². The minimum absolute atomic E-state index is 0.0456. The summed E-state index contributed by atoms with van der Waals surface area (Å²) in [7, 11) is 0. The summed E-state index contributed by atoms with van der Waals surface area (Å²) in [6.07, 6.45) is 0.706. The normalized spacial score (nSPS) is 16.7. The summed E-state index contributed by atoms with van der Waals surface area (Å²) in [4.78, 5) is 27.9. The van der Waals surface area contributed by atoms with Gasteiger partial charge in [0.1, 0.15) is 0 Å². The number of nitrogens with zero attached hydrogens (tertiary/aromatic N) is 1. The summed E-state index contributed by atoms with van der Waals surface area (Å²) in [5, 5.41) is 6.90. The monoisotopic (exact) mass is 493 g/mol. The third-order valence-corrected chi connectivity index (χ3v) is 6.46. The maximum absolute atomic E-state index is 13.1. The molecule has 2 N–H and O–H groups in total. The highest BCUT2D eigenvalue weighted by molar-refractivity contribution is 7.80. The zero-order chi connectivity index (χ0) is 25.5. The highest BCUT2D eigenvalue weighted by Crippen LogP contribution is 2.32. The van der Waals surface area contributed by atoms with E-state index < -0.39 is 6.04 Å². The van der Waals surface area contributed by atoms with Crippen molar-refractivity contribution in [3.63, 3.8) is 0 Å². The number of esters is 1. The van der Waals surface area contributed by atoms with Crippen LogP contribution in [0.5, 0.6) is 0 Å². The van der Waals surface area contributed by atoms with Crippen LogP contribution in [0.4, 0.5) is 5.69 Å². The zero-order valence-corrected chi connectivity index (χ0v) is 21.9. The molecular weight excluding hydrogens is 458 g/mol. The predicted octanol–water partition coefficient (Wildman–Crippen LogP) is 5.54. The van der Waals surface area contributed by atoms with Crippen molar-refractivity contribution in [1.29, 1.82) is 0 Å². The zero-order valence-electron chi connectivity index (χ0n) is 21.1. The van der Waals surface area contributed by atoms with E-state index in [1.165, 1.54) is 0 Å². The van der Waals surface area contributed by atoms with Crippen LogP contribution in [0, 0.1) is 5.92 Å². The van der Waals surface area contributed by atoms with E-state index in [-0.39, 0.29) is 23.7 Å². The number of nitrogens with one attached hydrogen (secondary N) is 2. The fraction of sp³-hybridized carbons (Fsp3) is 0.393. The van der Waals surface area contributed by atoms with Gasteiger partial charge in [0.15, 0.2) is 5.11 Å². The Morgan fingerprint density at radius 2 is 1.74 bits per heavy atom. The average molecular weight is 494 g/mol. The van der Waals surface area contributed by atoms with Gasteiger partial charge in [-0.15, -0.1) is 0 Å². The van der Waals surface area contributed by atoms with Crippen molar-refractivity contribution in [3.05, 3.63) is 77.0 Å². The first kappa shape index (κ1) is 26.4. The summed E-state index contributed by atoms with van der Waals surface area (Å²) in [5.41, 5.74) is 3.90. The van der Waals surface area contributed by atoms with Gasteiger partial charge in [-0.25, -0.2) is 4.79 Å². The Morgan fingerprint density at radius 1 is 1.09 bits per heavy atom. The Morgan fingerprint density at radius 3 is 2.31 bits per heavy atom. The number of amides is 1. The molecule has 0 fully saturated rings. The number of carbonyl (C=O) groups excluding carboxylic acids is 2. The first-order chi connectivity index (χ1) is 16.8. The first-order valence-electron chi connectivity index (χ1n) is 12.2. The van der Waals surface area contributed by atoms with Gasteiger partial charge >= 0.3 is 5.97 Å². The fourth-order valence-electron chi connectivity index (χ4n) is 4.24. The van der Waals surface area contributed by atoms with Crippen molar-refractivity contribution >= 4 is 34.9 Å². The molecule has 3 rings (SSSR count). The molecule has 0 radical (unpaired) electrons. The van der Waals surface area contributed by atoms with E-state index in [1.807, 2.05) is 94.1 Å². The highest BCUT2D eigenvalue weighted by Gasteiger charge is 2.34. The van der Waals surface area contributed by atoms with Crippen molar-refractivity contribution in [2.24, 2.45) is 5.92 Å². The first-order valence-corrected chi connectivity index (χ1v) is 12.6. The maximum atomic E-state index is 13.1. The van der Waals surface area contributed by atoms with Crippen molar-refractivity contribution in [2.45, 2.75) is 53.0 Å². The van der Waals surface area contributed by atoms with E-state index in [0.717, 1.165) is 16.8 Å². The standard InChI is InChI=1S/C28H35N3O3S/c1-6-23(20-11-9-8-10-12-20)26(32)29-22-15-13-21(14-16-22)25-24(27(33)34-17-18(3)4)19(5)31(7-2)28(35)30-25/h8-16,18,23,25H,6-7,17H2,1-5H3,(H,29,32)(H,30,35)/t23-,25+/m0/s1. The second-order valence-corrected chi connectivity index (χ2v) is 9.49. The van der Waals surface area contributed by atoms with Gasteiger partial charge in [-0.1, -0.05) is 63.2 Å². The Hall–Kier alpha value is -3.19. The lowest BCUT2D eigenvalue weighted by atomic mass is 9.94. The number of hydrogen-bond donors (Lipinski definition) is 2. The van der Waals surface area contributed by atoms with Crippen molar-refractivity contribution in [1.82, 2.24) is 10.2 Å². The smallest absolute Gasteiger partial charge is 0.338 e. The van der Waals surface area contributed by atoms with Gasteiger partial charge in [0.2, 0.25) is 5.91 Å². The third kappa shape index (κ3) is 6.28. The largest absolute Gasteiger partial charge is 0.462 e. The second kappa shape index (κ2) is 12.0. The minimum Gasteiger partial charge on any atom is -0.462 e. The molecule has 7 heteroatoms.